The van der Waals surface area contributed by atoms with Gasteiger partial charge in [-0.15, -0.1) is 10.2 Å². The molecule has 0 radical (unpaired) electrons. The molecule has 0 fully saturated rings. The van der Waals surface area contributed by atoms with Gasteiger partial charge in [-0.25, -0.2) is 13.4 Å². The van der Waals surface area contributed by atoms with Crippen molar-refractivity contribution in [2.24, 2.45) is 0 Å². The van der Waals surface area contributed by atoms with Gasteiger partial charge in [-0.2, -0.15) is 0 Å². The second-order valence-corrected chi connectivity index (χ2v) is 10.5. The van der Waals surface area contributed by atoms with Gasteiger partial charge < -0.3 is 9.73 Å². The summed E-state index contributed by atoms with van der Waals surface area (Å²) < 4.78 is 31.1. The SMILES string of the molecule is CCC(C)S(=O)(=O)c1ccc(-c2cnc(C)c(-c3nnc(-c4ccc(CNC)cc4)o3)n2)cc1.[HH]. The fourth-order valence-corrected chi connectivity index (χ4v) is 4.88. The molecule has 9 heteroatoms. The maximum Gasteiger partial charge on any atom is 0.268 e. The fraction of sp³-hybridized carbons (Fsp3) is 0.280. The van der Waals surface area contributed by atoms with Crippen LogP contribution in [0.2, 0.25) is 0 Å². The van der Waals surface area contributed by atoms with Crippen molar-refractivity contribution in [2.75, 3.05) is 7.05 Å². The summed E-state index contributed by atoms with van der Waals surface area (Å²) >= 11 is 0. The summed E-state index contributed by atoms with van der Waals surface area (Å²) in [5, 5.41) is 11.0. The average Bonchev–Trinajstić information content (AvgIpc) is 3.34. The Morgan fingerprint density at radius 3 is 2.29 bits per heavy atom. The van der Waals surface area contributed by atoms with Gasteiger partial charge in [-0.3, -0.25) is 4.98 Å². The quantitative estimate of drug-likeness (QED) is 0.387. The summed E-state index contributed by atoms with van der Waals surface area (Å²) in [4.78, 5) is 9.43. The van der Waals surface area contributed by atoms with Crippen LogP contribution in [0.15, 0.2) is 64.0 Å². The second-order valence-electron chi connectivity index (χ2n) is 8.12. The molecule has 0 amide bonds. The zero-order chi connectivity index (χ0) is 24.3. The van der Waals surface area contributed by atoms with E-state index in [1.54, 1.807) is 37.4 Å². The first-order chi connectivity index (χ1) is 16.3. The van der Waals surface area contributed by atoms with Crippen molar-refractivity contribution in [1.29, 1.82) is 0 Å². The van der Waals surface area contributed by atoms with E-state index in [0.29, 0.717) is 34.3 Å². The molecule has 4 aromatic rings. The molecule has 8 nitrogen and oxygen atoms in total. The van der Waals surface area contributed by atoms with Crippen molar-refractivity contribution in [1.82, 2.24) is 25.5 Å². The molecule has 0 aliphatic carbocycles. The van der Waals surface area contributed by atoms with E-state index in [1.807, 2.05) is 45.2 Å². The number of benzene rings is 2. The molecule has 0 aliphatic rings. The van der Waals surface area contributed by atoms with Gasteiger partial charge in [0.2, 0.25) is 5.89 Å². The van der Waals surface area contributed by atoms with Crippen LogP contribution in [0, 0.1) is 6.92 Å². The number of sulfone groups is 1. The molecule has 34 heavy (non-hydrogen) atoms. The minimum atomic E-state index is -3.35. The maximum absolute atomic E-state index is 12.6. The number of nitrogens with zero attached hydrogens (tertiary/aromatic N) is 4. The van der Waals surface area contributed by atoms with Crippen molar-refractivity contribution in [3.63, 3.8) is 0 Å². The van der Waals surface area contributed by atoms with Gasteiger partial charge in [0.1, 0.15) is 5.69 Å². The molecule has 0 saturated carbocycles. The molecule has 2 heterocycles. The maximum atomic E-state index is 12.6. The zero-order valence-corrected chi connectivity index (χ0v) is 20.4. The number of aryl methyl sites for hydroxylation is 1. The van der Waals surface area contributed by atoms with Gasteiger partial charge in [-0.1, -0.05) is 31.2 Å². The Balaban J connectivity index is 0.00000342. The van der Waals surface area contributed by atoms with Gasteiger partial charge in [-0.05, 0) is 57.1 Å². The van der Waals surface area contributed by atoms with Crippen LogP contribution in [0.1, 0.15) is 33.0 Å². The lowest BCUT2D eigenvalue weighted by molar-refractivity contribution is 0.580. The molecule has 1 atom stereocenters. The normalized spacial score (nSPS) is 12.6. The number of rotatable bonds is 8. The van der Waals surface area contributed by atoms with E-state index < -0.39 is 15.1 Å². The second kappa shape index (κ2) is 9.82. The number of nitrogens with one attached hydrogen (secondary N) is 1. The lowest BCUT2D eigenvalue weighted by Gasteiger charge is -2.11. The highest BCUT2D eigenvalue weighted by Crippen LogP contribution is 2.28. The lowest BCUT2D eigenvalue weighted by atomic mass is 10.1. The molecule has 0 saturated heterocycles. The molecule has 0 spiro atoms. The van der Waals surface area contributed by atoms with Gasteiger partial charge in [0.15, 0.2) is 9.84 Å². The van der Waals surface area contributed by atoms with E-state index in [4.69, 9.17) is 4.42 Å². The zero-order valence-electron chi connectivity index (χ0n) is 19.6. The highest BCUT2D eigenvalue weighted by molar-refractivity contribution is 7.92. The third-order valence-electron chi connectivity index (χ3n) is 5.75. The summed E-state index contributed by atoms with van der Waals surface area (Å²) in [5.74, 6) is 0.675. The minimum absolute atomic E-state index is 0. The van der Waals surface area contributed by atoms with Gasteiger partial charge in [0, 0.05) is 19.1 Å². The van der Waals surface area contributed by atoms with E-state index >= 15 is 0 Å². The molecule has 2 aromatic carbocycles. The Morgan fingerprint density at radius 1 is 1.00 bits per heavy atom. The summed E-state index contributed by atoms with van der Waals surface area (Å²) in [6.45, 7) is 6.18. The van der Waals surface area contributed by atoms with Crippen molar-refractivity contribution < 1.29 is 14.3 Å². The van der Waals surface area contributed by atoms with Crippen molar-refractivity contribution in [2.45, 2.75) is 43.9 Å². The minimum Gasteiger partial charge on any atom is -0.415 e. The highest BCUT2D eigenvalue weighted by atomic mass is 32.2. The van der Waals surface area contributed by atoms with Crippen LogP contribution in [-0.4, -0.2) is 40.9 Å². The predicted octanol–water partition coefficient (Wildman–Crippen LogP) is 4.71. The van der Waals surface area contributed by atoms with E-state index in [9.17, 15) is 8.42 Å². The highest BCUT2D eigenvalue weighted by Gasteiger charge is 2.22. The van der Waals surface area contributed by atoms with Crippen LogP contribution in [0.4, 0.5) is 0 Å². The topological polar surface area (TPSA) is 111 Å². The van der Waals surface area contributed by atoms with Crippen molar-refractivity contribution in [3.8, 4) is 34.3 Å². The molecule has 4 rings (SSSR count). The summed E-state index contributed by atoms with van der Waals surface area (Å²) in [6, 6.07) is 14.6. The van der Waals surface area contributed by atoms with Crippen LogP contribution in [0.3, 0.4) is 0 Å². The standard InChI is InChI=1S/C25H27N5O3S.H2/c1-5-16(2)34(31,32)21-12-10-19(11-13-21)22-15-27-17(3)23(28-22)25-30-29-24(33-25)20-8-6-18(7-9-20)14-26-4;/h6-13,15-16,26H,5,14H2,1-4H3;1H. The summed E-state index contributed by atoms with van der Waals surface area (Å²) in [7, 11) is -1.45. The Bertz CT molecular complexity index is 1390. The Hall–Kier alpha value is -3.43. The fourth-order valence-electron chi connectivity index (χ4n) is 3.46. The van der Waals surface area contributed by atoms with E-state index in [1.165, 1.54) is 0 Å². The van der Waals surface area contributed by atoms with E-state index in [0.717, 1.165) is 23.2 Å². The number of hydrogen-bond donors (Lipinski definition) is 1. The first kappa shape index (κ1) is 23.7. The Kier molecular flexibility index (Phi) is 6.85. The van der Waals surface area contributed by atoms with Gasteiger partial charge in [0.25, 0.3) is 5.89 Å². The van der Waals surface area contributed by atoms with Crippen LogP contribution in [0.5, 0.6) is 0 Å². The van der Waals surface area contributed by atoms with Crippen LogP contribution >= 0.6 is 0 Å². The predicted molar refractivity (Wildman–Crippen MR) is 133 cm³/mol. The van der Waals surface area contributed by atoms with E-state index in [2.05, 4.69) is 25.5 Å². The third-order valence-corrected chi connectivity index (χ3v) is 8.07. The van der Waals surface area contributed by atoms with Gasteiger partial charge in [0.05, 0.1) is 27.7 Å². The molecule has 2 aromatic heterocycles. The Morgan fingerprint density at radius 2 is 1.65 bits per heavy atom. The third kappa shape index (κ3) is 4.76. The smallest absolute Gasteiger partial charge is 0.268 e. The molecule has 0 aliphatic heterocycles. The molecule has 0 bridgehead atoms. The number of aromatic nitrogens is 4. The largest absolute Gasteiger partial charge is 0.415 e. The molecular formula is C25H29N5O3S. The first-order valence-electron chi connectivity index (χ1n) is 11.1. The lowest BCUT2D eigenvalue weighted by Crippen LogP contribution is -2.16. The Labute approximate surface area is 200 Å². The monoisotopic (exact) mass is 479 g/mol. The van der Waals surface area contributed by atoms with Crippen LogP contribution < -0.4 is 5.32 Å². The van der Waals surface area contributed by atoms with Crippen LogP contribution in [-0.2, 0) is 16.4 Å². The molecule has 178 valence electrons. The summed E-state index contributed by atoms with van der Waals surface area (Å²) in [5.41, 5.74) is 4.45. The first-order valence-corrected chi connectivity index (χ1v) is 12.6. The summed E-state index contributed by atoms with van der Waals surface area (Å²) in [6.07, 6.45) is 2.21. The molecular weight excluding hydrogens is 450 g/mol. The van der Waals surface area contributed by atoms with E-state index in [-0.39, 0.29) is 7.32 Å². The van der Waals surface area contributed by atoms with Crippen molar-refractivity contribution in [3.05, 3.63) is 66.0 Å². The van der Waals surface area contributed by atoms with Gasteiger partial charge >= 0.3 is 0 Å². The van der Waals surface area contributed by atoms with Crippen molar-refractivity contribution >= 4 is 9.84 Å². The number of hydrogen-bond acceptors (Lipinski definition) is 8. The molecule has 1 unspecified atom stereocenters. The average molecular weight is 480 g/mol. The van der Waals surface area contributed by atoms with Crippen LogP contribution in [0.25, 0.3) is 34.3 Å². The molecule has 1 N–H and O–H groups in total.